The highest BCUT2D eigenvalue weighted by molar-refractivity contribution is 7.80. The predicted molar refractivity (Wildman–Crippen MR) is 152 cm³/mol. The average molecular weight is 530 g/mol. The number of aromatic nitrogens is 2. The van der Waals surface area contributed by atoms with Gasteiger partial charge in [0.15, 0.2) is 5.11 Å². The number of thiocarbonyl (C=S) groups is 1. The number of carbonyl (C=O) groups excluding carboxylic acids is 1. The van der Waals surface area contributed by atoms with Crippen LogP contribution in [0.25, 0.3) is 5.69 Å². The Morgan fingerprint density at radius 1 is 1.08 bits per heavy atom. The summed E-state index contributed by atoms with van der Waals surface area (Å²) in [5, 5.41) is 7.80. The van der Waals surface area contributed by atoms with E-state index in [1.54, 1.807) is 6.20 Å². The molecule has 8 heteroatoms. The molecule has 0 bridgehead atoms. The van der Waals surface area contributed by atoms with Gasteiger partial charge in [-0.15, -0.1) is 0 Å². The molecule has 1 fully saturated rings. The molecule has 2 unspecified atom stereocenters. The molecule has 0 aliphatic carbocycles. The summed E-state index contributed by atoms with van der Waals surface area (Å²) in [6.45, 7) is 4.46. The Labute approximate surface area is 227 Å². The van der Waals surface area contributed by atoms with Crippen molar-refractivity contribution in [2.75, 3.05) is 11.9 Å². The van der Waals surface area contributed by atoms with E-state index in [1.807, 2.05) is 80.7 Å². The molecule has 2 aromatic heterocycles. The van der Waals surface area contributed by atoms with Gasteiger partial charge < -0.3 is 20.1 Å². The van der Waals surface area contributed by atoms with Gasteiger partial charge >= 0.3 is 0 Å². The van der Waals surface area contributed by atoms with E-state index in [4.69, 9.17) is 23.8 Å². The van der Waals surface area contributed by atoms with Crippen LogP contribution in [0.2, 0.25) is 5.02 Å². The first-order valence-electron chi connectivity index (χ1n) is 12.2. The third-order valence-corrected chi connectivity index (χ3v) is 7.36. The van der Waals surface area contributed by atoms with Crippen LogP contribution >= 0.6 is 23.8 Å². The summed E-state index contributed by atoms with van der Waals surface area (Å²) >= 11 is 12.1. The van der Waals surface area contributed by atoms with Gasteiger partial charge in [-0.3, -0.25) is 9.78 Å². The number of hydrogen-bond acceptors (Lipinski definition) is 3. The zero-order valence-electron chi connectivity index (χ0n) is 20.7. The fraction of sp³-hybridized carbons (Fsp3) is 0.207. The fourth-order valence-corrected chi connectivity index (χ4v) is 5.23. The third-order valence-electron chi connectivity index (χ3n) is 6.58. The van der Waals surface area contributed by atoms with Crippen molar-refractivity contribution in [2.24, 2.45) is 0 Å². The SMILES string of the molecule is Cc1cccc(NC(=O)CCN2C(=S)NC(c3ccccn3)C2c2cccn2-c2ccc(Cl)c(C)c2)c1. The van der Waals surface area contributed by atoms with E-state index in [0.29, 0.717) is 18.1 Å². The summed E-state index contributed by atoms with van der Waals surface area (Å²) in [5.41, 5.74) is 5.84. The second-order valence-electron chi connectivity index (χ2n) is 9.22. The molecular formula is C29H28ClN5OS. The normalized spacial score (nSPS) is 17.1. The van der Waals surface area contributed by atoms with Crippen LogP contribution in [0.5, 0.6) is 0 Å². The Morgan fingerprint density at radius 2 is 1.95 bits per heavy atom. The van der Waals surface area contributed by atoms with Crippen molar-refractivity contribution in [3.05, 3.63) is 113 Å². The van der Waals surface area contributed by atoms with Crippen LogP contribution in [0.3, 0.4) is 0 Å². The first-order chi connectivity index (χ1) is 17.9. The van der Waals surface area contributed by atoms with Crippen molar-refractivity contribution in [2.45, 2.75) is 32.4 Å². The zero-order chi connectivity index (χ0) is 25.9. The summed E-state index contributed by atoms with van der Waals surface area (Å²) in [6, 6.07) is 23.5. The molecule has 4 aromatic rings. The number of carbonyl (C=O) groups is 1. The van der Waals surface area contributed by atoms with Crippen LogP contribution in [0.4, 0.5) is 5.69 Å². The summed E-state index contributed by atoms with van der Waals surface area (Å²) < 4.78 is 2.15. The lowest BCUT2D eigenvalue weighted by atomic mass is 10.0. The molecule has 2 atom stereocenters. The standard InChI is InChI=1S/C29H28ClN5OS/c1-19-7-5-8-21(17-19)32-26(36)13-16-35-28(27(33-29(35)37)24-9-3-4-14-31-24)25-10-6-15-34(25)22-11-12-23(30)20(2)18-22/h3-12,14-15,17-18,27-28H,13,16H2,1-2H3,(H,32,36)(H,33,37). The van der Waals surface area contributed by atoms with Crippen molar-refractivity contribution < 1.29 is 4.79 Å². The number of nitrogens with zero attached hydrogens (tertiary/aromatic N) is 3. The Bertz CT molecular complexity index is 1440. The lowest BCUT2D eigenvalue weighted by Gasteiger charge is -2.29. The van der Waals surface area contributed by atoms with E-state index in [9.17, 15) is 4.79 Å². The van der Waals surface area contributed by atoms with Crippen molar-refractivity contribution in [1.82, 2.24) is 19.8 Å². The smallest absolute Gasteiger partial charge is 0.226 e. The summed E-state index contributed by atoms with van der Waals surface area (Å²) in [7, 11) is 0. The summed E-state index contributed by atoms with van der Waals surface area (Å²) in [6.07, 6.45) is 4.12. The molecule has 6 nitrogen and oxygen atoms in total. The molecule has 0 saturated carbocycles. The minimum atomic E-state index is -0.171. The molecule has 1 saturated heterocycles. The van der Waals surface area contributed by atoms with Crippen LogP contribution in [-0.2, 0) is 4.79 Å². The Morgan fingerprint density at radius 3 is 2.70 bits per heavy atom. The number of rotatable bonds is 7. The highest BCUT2D eigenvalue weighted by Crippen LogP contribution is 2.39. The molecule has 2 aromatic carbocycles. The van der Waals surface area contributed by atoms with Gasteiger partial charge in [0.05, 0.1) is 17.8 Å². The number of benzene rings is 2. The lowest BCUT2D eigenvalue weighted by molar-refractivity contribution is -0.116. The minimum absolute atomic E-state index is 0.0582. The van der Waals surface area contributed by atoms with Gasteiger partial charge in [-0.05, 0) is 91.8 Å². The number of nitrogens with one attached hydrogen (secondary N) is 2. The Balaban J connectivity index is 1.45. The molecule has 1 amide bonds. The molecule has 2 N–H and O–H groups in total. The second-order valence-corrected chi connectivity index (χ2v) is 10.0. The van der Waals surface area contributed by atoms with Crippen LogP contribution in [0.15, 0.2) is 85.2 Å². The molecule has 1 aliphatic rings. The van der Waals surface area contributed by atoms with Gasteiger partial charge in [0.25, 0.3) is 0 Å². The molecule has 37 heavy (non-hydrogen) atoms. The summed E-state index contributed by atoms with van der Waals surface area (Å²) in [4.78, 5) is 19.6. The van der Waals surface area contributed by atoms with Crippen molar-refractivity contribution in [1.29, 1.82) is 0 Å². The average Bonchev–Trinajstić information content (AvgIpc) is 3.49. The number of halogens is 1. The summed E-state index contributed by atoms with van der Waals surface area (Å²) in [5.74, 6) is -0.0582. The van der Waals surface area contributed by atoms with Gasteiger partial charge in [0.2, 0.25) is 5.91 Å². The highest BCUT2D eigenvalue weighted by Gasteiger charge is 2.41. The van der Waals surface area contributed by atoms with Crippen molar-refractivity contribution in [3.8, 4) is 5.69 Å². The number of anilines is 1. The lowest BCUT2D eigenvalue weighted by Crippen LogP contribution is -2.33. The number of amides is 1. The number of hydrogen-bond donors (Lipinski definition) is 2. The Hall–Kier alpha value is -3.68. The van der Waals surface area contributed by atoms with Crippen LogP contribution in [-0.4, -0.2) is 32.0 Å². The maximum absolute atomic E-state index is 12.9. The molecule has 0 spiro atoms. The van der Waals surface area contributed by atoms with E-state index >= 15 is 0 Å². The van der Waals surface area contributed by atoms with Crippen LogP contribution < -0.4 is 10.6 Å². The zero-order valence-corrected chi connectivity index (χ0v) is 22.3. The van der Waals surface area contributed by atoms with Gasteiger partial charge in [-0.1, -0.05) is 29.8 Å². The van der Waals surface area contributed by atoms with Gasteiger partial charge in [0, 0.05) is 47.5 Å². The molecular weight excluding hydrogens is 502 g/mol. The monoisotopic (exact) mass is 529 g/mol. The quantitative estimate of drug-likeness (QED) is 0.281. The van der Waals surface area contributed by atoms with Crippen LogP contribution in [0, 0.1) is 13.8 Å². The second kappa shape index (κ2) is 10.7. The Kier molecular flexibility index (Phi) is 7.26. The van der Waals surface area contributed by atoms with E-state index in [0.717, 1.165) is 38.9 Å². The van der Waals surface area contributed by atoms with E-state index in [1.165, 1.54) is 0 Å². The number of pyridine rings is 1. The molecule has 5 rings (SSSR count). The van der Waals surface area contributed by atoms with Gasteiger partial charge in [-0.2, -0.15) is 0 Å². The largest absolute Gasteiger partial charge is 0.352 e. The van der Waals surface area contributed by atoms with E-state index in [2.05, 4.69) is 37.2 Å². The van der Waals surface area contributed by atoms with Crippen molar-refractivity contribution in [3.63, 3.8) is 0 Å². The van der Waals surface area contributed by atoms with E-state index in [-0.39, 0.29) is 18.0 Å². The van der Waals surface area contributed by atoms with Crippen LogP contribution in [0.1, 0.15) is 41.0 Å². The van der Waals surface area contributed by atoms with Gasteiger partial charge in [0.1, 0.15) is 0 Å². The van der Waals surface area contributed by atoms with Crippen molar-refractivity contribution >= 4 is 40.5 Å². The number of aryl methyl sites for hydroxylation is 2. The molecule has 1 aliphatic heterocycles. The minimum Gasteiger partial charge on any atom is -0.352 e. The first-order valence-corrected chi connectivity index (χ1v) is 13.0. The first kappa shape index (κ1) is 25.0. The van der Waals surface area contributed by atoms with Gasteiger partial charge in [-0.25, -0.2) is 0 Å². The molecule has 0 radical (unpaired) electrons. The van der Waals surface area contributed by atoms with E-state index < -0.39 is 0 Å². The topological polar surface area (TPSA) is 62.2 Å². The predicted octanol–water partition coefficient (Wildman–Crippen LogP) is 6.14. The maximum Gasteiger partial charge on any atom is 0.226 e. The molecule has 3 heterocycles. The maximum atomic E-state index is 12.9. The molecule has 188 valence electrons. The fourth-order valence-electron chi connectivity index (χ4n) is 4.79. The third kappa shape index (κ3) is 5.38. The highest BCUT2D eigenvalue weighted by atomic mass is 35.5.